The van der Waals surface area contributed by atoms with Crippen molar-refractivity contribution in [3.05, 3.63) is 65.0 Å². The van der Waals surface area contributed by atoms with Crippen molar-refractivity contribution in [3.63, 3.8) is 0 Å². The van der Waals surface area contributed by atoms with Crippen molar-refractivity contribution in [2.24, 2.45) is 0 Å². The summed E-state index contributed by atoms with van der Waals surface area (Å²) in [6.07, 6.45) is -4.07. The van der Waals surface area contributed by atoms with Gasteiger partial charge in [0.1, 0.15) is 5.69 Å². The van der Waals surface area contributed by atoms with Gasteiger partial charge in [0, 0.05) is 0 Å². The highest BCUT2D eigenvalue weighted by Gasteiger charge is 2.29. The van der Waals surface area contributed by atoms with E-state index in [4.69, 9.17) is 4.74 Å². The number of rotatable bonds is 5. The van der Waals surface area contributed by atoms with Crippen LogP contribution in [0.25, 0.3) is 0 Å². The fourth-order valence-corrected chi connectivity index (χ4v) is 1.86. The molecular weight excluding hydrogens is 295 g/mol. The van der Waals surface area contributed by atoms with E-state index in [0.29, 0.717) is 23.2 Å². The van der Waals surface area contributed by atoms with Crippen molar-refractivity contribution >= 4 is 6.29 Å². The summed E-state index contributed by atoms with van der Waals surface area (Å²) >= 11 is 0. The van der Waals surface area contributed by atoms with E-state index in [1.54, 1.807) is 25.1 Å². The van der Waals surface area contributed by atoms with Crippen molar-refractivity contribution in [1.82, 2.24) is 4.98 Å². The van der Waals surface area contributed by atoms with Crippen molar-refractivity contribution in [2.75, 3.05) is 0 Å². The van der Waals surface area contributed by atoms with E-state index in [-0.39, 0.29) is 12.7 Å². The molecule has 0 radical (unpaired) electrons. The highest BCUT2D eigenvalue weighted by molar-refractivity contribution is 5.71. The normalized spacial score (nSPS) is 12.9. The molecule has 6 heteroatoms. The van der Waals surface area contributed by atoms with E-state index in [9.17, 15) is 18.0 Å². The summed E-state index contributed by atoms with van der Waals surface area (Å²) in [6.45, 7) is 1.92. The summed E-state index contributed by atoms with van der Waals surface area (Å²) in [5.41, 5.74) is 0.843. The van der Waals surface area contributed by atoms with Gasteiger partial charge in [0.2, 0.25) is 0 Å². The molecule has 2 rings (SSSR count). The molecule has 1 atom stereocenters. The van der Waals surface area contributed by atoms with Crippen LogP contribution in [0.3, 0.4) is 0 Å². The van der Waals surface area contributed by atoms with Crippen LogP contribution >= 0.6 is 0 Å². The van der Waals surface area contributed by atoms with E-state index >= 15 is 0 Å². The third kappa shape index (κ3) is 4.14. The third-order valence-electron chi connectivity index (χ3n) is 3.11. The van der Waals surface area contributed by atoms with Crippen molar-refractivity contribution in [3.8, 4) is 0 Å². The van der Waals surface area contributed by atoms with Gasteiger partial charge in [-0.3, -0.25) is 4.79 Å². The van der Waals surface area contributed by atoms with Crippen molar-refractivity contribution < 1.29 is 22.7 Å². The number of alkyl halides is 3. The number of hydrogen-bond acceptors (Lipinski definition) is 3. The minimum Gasteiger partial charge on any atom is -0.368 e. The van der Waals surface area contributed by atoms with Gasteiger partial charge in [-0.1, -0.05) is 18.2 Å². The van der Waals surface area contributed by atoms with E-state index in [1.165, 1.54) is 12.1 Å². The molecular formula is C16H14F3NO2. The Bertz CT molecular complexity index is 639. The van der Waals surface area contributed by atoms with Crippen LogP contribution in [-0.2, 0) is 17.5 Å². The van der Waals surface area contributed by atoms with Crippen LogP contribution in [0.2, 0.25) is 0 Å². The molecule has 0 aliphatic heterocycles. The lowest BCUT2D eigenvalue weighted by atomic mass is 10.1. The van der Waals surface area contributed by atoms with E-state index < -0.39 is 11.7 Å². The number of aldehydes is 1. The van der Waals surface area contributed by atoms with Gasteiger partial charge in [0.15, 0.2) is 6.29 Å². The summed E-state index contributed by atoms with van der Waals surface area (Å²) in [5.74, 6) is 0. The molecule has 0 saturated heterocycles. The molecule has 0 aliphatic carbocycles. The minimum atomic E-state index is -4.34. The average molecular weight is 309 g/mol. The highest BCUT2D eigenvalue weighted by Crippen LogP contribution is 2.29. The zero-order chi connectivity index (χ0) is 16.2. The monoisotopic (exact) mass is 309 g/mol. The second-order valence-corrected chi connectivity index (χ2v) is 4.75. The Hall–Kier alpha value is -2.21. The molecule has 2 aromatic rings. The van der Waals surface area contributed by atoms with Crippen LogP contribution in [0.5, 0.6) is 0 Å². The summed E-state index contributed by atoms with van der Waals surface area (Å²) in [7, 11) is 0. The Morgan fingerprint density at radius 2 is 1.86 bits per heavy atom. The maximum Gasteiger partial charge on any atom is 0.416 e. The Morgan fingerprint density at radius 1 is 1.18 bits per heavy atom. The lowest BCUT2D eigenvalue weighted by Crippen LogP contribution is -2.06. The molecule has 0 spiro atoms. The molecule has 0 fully saturated rings. The predicted molar refractivity (Wildman–Crippen MR) is 74.3 cm³/mol. The SMILES string of the molecule is CC(OCc1ccc(C(F)(F)F)cc1)c1cccc(C=O)n1. The van der Waals surface area contributed by atoms with E-state index in [1.807, 2.05) is 0 Å². The summed E-state index contributed by atoms with van der Waals surface area (Å²) < 4.78 is 43.0. The Morgan fingerprint density at radius 3 is 2.45 bits per heavy atom. The Balaban J connectivity index is 1.98. The number of aromatic nitrogens is 1. The van der Waals surface area contributed by atoms with Crippen LogP contribution in [0.4, 0.5) is 13.2 Å². The van der Waals surface area contributed by atoms with Crippen LogP contribution in [0.15, 0.2) is 42.5 Å². The number of hydrogen-bond donors (Lipinski definition) is 0. The average Bonchev–Trinajstić information content (AvgIpc) is 2.52. The first-order valence-corrected chi connectivity index (χ1v) is 6.60. The predicted octanol–water partition coefficient (Wildman–Crippen LogP) is 4.19. The molecule has 1 unspecified atom stereocenters. The molecule has 22 heavy (non-hydrogen) atoms. The molecule has 1 aromatic carbocycles. The number of halogens is 3. The lowest BCUT2D eigenvalue weighted by Gasteiger charge is -2.13. The van der Waals surface area contributed by atoms with E-state index in [2.05, 4.69) is 4.98 Å². The molecule has 0 saturated carbocycles. The number of carbonyl (C=O) groups is 1. The maximum absolute atomic E-state index is 12.5. The van der Waals surface area contributed by atoms with Gasteiger partial charge in [-0.05, 0) is 36.8 Å². The van der Waals surface area contributed by atoms with Crippen molar-refractivity contribution in [2.45, 2.75) is 25.8 Å². The number of benzene rings is 1. The fraction of sp³-hybridized carbons (Fsp3) is 0.250. The second kappa shape index (κ2) is 6.70. The molecule has 0 N–H and O–H groups in total. The topological polar surface area (TPSA) is 39.2 Å². The van der Waals surface area contributed by atoms with E-state index in [0.717, 1.165) is 12.1 Å². The first-order chi connectivity index (χ1) is 10.4. The summed E-state index contributed by atoms with van der Waals surface area (Å²) in [4.78, 5) is 14.8. The first-order valence-electron chi connectivity index (χ1n) is 6.60. The second-order valence-electron chi connectivity index (χ2n) is 4.75. The molecule has 3 nitrogen and oxygen atoms in total. The maximum atomic E-state index is 12.5. The van der Waals surface area contributed by atoms with Gasteiger partial charge in [-0.25, -0.2) is 4.98 Å². The van der Waals surface area contributed by atoms with Gasteiger partial charge in [0.25, 0.3) is 0 Å². The van der Waals surface area contributed by atoms with Crippen LogP contribution in [0, 0.1) is 0 Å². The summed E-state index contributed by atoms with van der Waals surface area (Å²) in [5, 5.41) is 0. The quantitative estimate of drug-likeness (QED) is 0.777. The fourth-order valence-electron chi connectivity index (χ4n) is 1.86. The third-order valence-corrected chi connectivity index (χ3v) is 3.11. The molecule has 1 aromatic heterocycles. The van der Waals surface area contributed by atoms with Gasteiger partial charge in [-0.15, -0.1) is 0 Å². The largest absolute Gasteiger partial charge is 0.416 e. The van der Waals surface area contributed by atoms with Gasteiger partial charge in [-0.2, -0.15) is 13.2 Å². The zero-order valence-electron chi connectivity index (χ0n) is 11.8. The number of ether oxygens (including phenoxy) is 1. The van der Waals surface area contributed by atoms with Crippen LogP contribution < -0.4 is 0 Å². The standard InChI is InChI=1S/C16H14F3NO2/c1-11(15-4-2-3-14(9-21)20-15)22-10-12-5-7-13(8-6-12)16(17,18)19/h2-9,11H,10H2,1H3. The van der Waals surface area contributed by atoms with Gasteiger partial charge >= 0.3 is 6.18 Å². The van der Waals surface area contributed by atoms with Gasteiger partial charge < -0.3 is 4.74 Å². The van der Waals surface area contributed by atoms with Crippen molar-refractivity contribution in [1.29, 1.82) is 0 Å². The molecule has 0 aliphatic rings. The number of nitrogens with zero attached hydrogens (tertiary/aromatic N) is 1. The smallest absolute Gasteiger partial charge is 0.368 e. The number of pyridine rings is 1. The number of carbonyl (C=O) groups excluding carboxylic acids is 1. The summed E-state index contributed by atoms with van der Waals surface area (Å²) in [6, 6.07) is 9.81. The molecule has 0 amide bonds. The Kier molecular flexibility index (Phi) is 4.92. The van der Waals surface area contributed by atoms with Crippen LogP contribution in [0.1, 0.15) is 40.3 Å². The Labute approximate surface area is 125 Å². The molecule has 0 bridgehead atoms. The molecule has 116 valence electrons. The lowest BCUT2D eigenvalue weighted by molar-refractivity contribution is -0.137. The van der Waals surface area contributed by atoms with Crippen LogP contribution in [-0.4, -0.2) is 11.3 Å². The minimum absolute atomic E-state index is 0.159. The zero-order valence-corrected chi connectivity index (χ0v) is 11.8. The molecule has 1 heterocycles. The first kappa shape index (κ1) is 16.2. The highest BCUT2D eigenvalue weighted by atomic mass is 19.4. The van der Waals surface area contributed by atoms with Gasteiger partial charge in [0.05, 0.1) is 24.0 Å².